The fourth-order valence-corrected chi connectivity index (χ4v) is 5.47. The highest BCUT2D eigenvalue weighted by atomic mass is 32.2. The first-order valence-corrected chi connectivity index (χ1v) is 12.3. The minimum absolute atomic E-state index is 0.0619. The molecule has 0 atom stereocenters. The second-order valence-electron chi connectivity index (χ2n) is 8.30. The van der Waals surface area contributed by atoms with Crippen molar-refractivity contribution in [3.8, 4) is 0 Å². The Labute approximate surface area is 175 Å². The predicted octanol–water partition coefficient (Wildman–Crippen LogP) is -1.04. The van der Waals surface area contributed by atoms with Crippen LogP contribution in [0.4, 0.5) is 5.82 Å². The Morgan fingerprint density at radius 1 is 1.13 bits per heavy atom. The van der Waals surface area contributed by atoms with E-state index in [1.54, 1.807) is 6.20 Å². The van der Waals surface area contributed by atoms with E-state index in [-0.39, 0.29) is 11.8 Å². The van der Waals surface area contributed by atoms with E-state index in [0.29, 0.717) is 39.3 Å². The Hall–Kier alpha value is -2.24. The second kappa shape index (κ2) is 7.47. The van der Waals surface area contributed by atoms with Gasteiger partial charge in [0, 0.05) is 63.9 Å². The second-order valence-corrected chi connectivity index (χ2v) is 10.3. The Morgan fingerprint density at radius 3 is 2.60 bits per heavy atom. The number of rotatable bonds is 3. The van der Waals surface area contributed by atoms with Gasteiger partial charge >= 0.3 is 0 Å². The number of nitrogens with zero attached hydrogens (tertiary/aromatic N) is 6. The zero-order chi connectivity index (χ0) is 20.9. The van der Waals surface area contributed by atoms with E-state index in [2.05, 4.69) is 15.3 Å². The van der Waals surface area contributed by atoms with Crippen LogP contribution in [0.25, 0.3) is 5.65 Å². The molecule has 5 rings (SSSR count). The molecule has 2 aromatic heterocycles. The van der Waals surface area contributed by atoms with Crippen LogP contribution in [0.1, 0.15) is 11.3 Å². The molecule has 0 saturated carbocycles. The van der Waals surface area contributed by atoms with Crippen molar-refractivity contribution in [3.63, 3.8) is 0 Å². The number of sulfonamides is 1. The molecule has 0 bridgehead atoms. The summed E-state index contributed by atoms with van der Waals surface area (Å²) in [5.74, 6) is 1.13. The number of aromatic nitrogens is 3. The number of nitrogens with one attached hydrogen (secondary N) is 1. The molecule has 0 aliphatic carbocycles. The molecule has 0 spiro atoms. The molecule has 2 aromatic rings. The van der Waals surface area contributed by atoms with Gasteiger partial charge in [-0.25, -0.2) is 13.4 Å². The van der Waals surface area contributed by atoms with Crippen LogP contribution in [-0.4, -0.2) is 96.7 Å². The monoisotopic (exact) mass is 433 g/mol. The predicted molar refractivity (Wildman–Crippen MR) is 112 cm³/mol. The largest absolute Gasteiger partial charge is 0.354 e. The van der Waals surface area contributed by atoms with E-state index in [0.717, 1.165) is 43.1 Å². The molecule has 3 aliphatic heterocycles. The maximum Gasteiger partial charge on any atom is 0.229 e. The molecule has 5 heterocycles. The highest BCUT2D eigenvalue weighted by molar-refractivity contribution is 7.88. The van der Waals surface area contributed by atoms with Crippen molar-refractivity contribution >= 4 is 27.4 Å². The Kier molecular flexibility index (Phi) is 4.91. The summed E-state index contributed by atoms with van der Waals surface area (Å²) in [5.41, 5.74) is 3.19. The average molecular weight is 434 g/mol. The minimum Gasteiger partial charge on any atom is -0.354 e. The van der Waals surface area contributed by atoms with E-state index in [4.69, 9.17) is 4.98 Å². The van der Waals surface area contributed by atoms with Crippen molar-refractivity contribution in [2.24, 2.45) is 5.92 Å². The number of fused-ring (bicyclic) bond motifs is 2. The Balaban J connectivity index is 1.30. The Morgan fingerprint density at radius 2 is 1.87 bits per heavy atom. The van der Waals surface area contributed by atoms with Crippen molar-refractivity contribution in [3.05, 3.63) is 23.5 Å². The summed E-state index contributed by atoms with van der Waals surface area (Å²) in [6.07, 6.45) is 4.78. The number of anilines is 1. The topological polar surface area (TPSA) is 103 Å². The molecular formula is C19H27N7O3S. The lowest BCUT2D eigenvalue weighted by molar-refractivity contribution is -0.137. The number of hydrogen-bond acceptors (Lipinski definition) is 7. The Bertz CT molecular complexity index is 1070. The minimum atomic E-state index is -3.19. The van der Waals surface area contributed by atoms with Gasteiger partial charge in [-0.3, -0.25) is 4.79 Å². The summed E-state index contributed by atoms with van der Waals surface area (Å²) in [7, 11) is -3.19. The fourth-order valence-electron chi connectivity index (χ4n) is 4.65. The van der Waals surface area contributed by atoms with E-state index >= 15 is 0 Å². The van der Waals surface area contributed by atoms with Crippen LogP contribution in [0.3, 0.4) is 0 Å². The zero-order valence-corrected chi connectivity index (χ0v) is 17.9. The lowest BCUT2D eigenvalue weighted by Crippen LogP contribution is -2.58. The summed E-state index contributed by atoms with van der Waals surface area (Å²) in [6.45, 7) is 4.82. The van der Waals surface area contributed by atoms with Gasteiger partial charge < -0.3 is 15.1 Å². The van der Waals surface area contributed by atoms with E-state index < -0.39 is 10.0 Å². The number of carbonyl (C=O) groups excluding carboxylic acids is 1. The van der Waals surface area contributed by atoms with Gasteiger partial charge in [0.25, 0.3) is 0 Å². The standard InChI is InChI=1S/C19H27N7O3S/c1-30(28,29)25-10-8-23(9-11-25)19(27)14-12-24(13-14)18-15-2-5-20-6-3-16(15)22-17-4-7-21-26(17)18/h4,7,14,20H,2-3,5-6,8-13H2,1H3. The van der Waals surface area contributed by atoms with Gasteiger partial charge in [0.15, 0.2) is 5.65 Å². The van der Waals surface area contributed by atoms with Crippen molar-refractivity contribution in [2.75, 3.05) is 63.5 Å². The summed E-state index contributed by atoms with van der Waals surface area (Å²) < 4.78 is 26.7. The quantitative estimate of drug-likeness (QED) is 0.659. The van der Waals surface area contributed by atoms with Crippen molar-refractivity contribution in [2.45, 2.75) is 12.8 Å². The molecule has 162 valence electrons. The normalized spacial score (nSPS) is 21.4. The van der Waals surface area contributed by atoms with Crippen molar-refractivity contribution < 1.29 is 13.2 Å². The highest BCUT2D eigenvalue weighted by Crippen LogP contribution is 2.32. The summed E-state index contributed by atoms with van der Waals surface area (Å²) in [4.78, 5) is 21.8. The first-order chi connectivity index (χ1) is 14.4. The summed E-state index contributed by atoms with van der Waals surface area (Å²) >= 11 is 0. The van der Waals surface area contributed by atoms with Crippen LogP contribution in [0.2, 0.25) is 0 Å². The van der Waals surface area contributed by atoms with Crippen LogP contribution >= 0.6 is 0 Å². The molecule has 1 amide bonds. The maximum atomic E-state index is 13.0. The lowest BCUT2D eigenvalue weighted by Gasteiger charge is -2.44. The third-order valence-electron chi connectivity index (χ3n) is 6.33. The fraction of sp³-hybridized carbons (Fsp3) is 0.632. The zero-order valence-electron chi connectivity index (χ0n) is 17.1. The van der Waals surface area contributed by atoms with E-state index in [1.165, 1.54) is 16.1 Å². The molecule has 10 nitrogen and oxygen atoms in total. The molecular weight excluding hydrogens is 406 g/mol. The summed E-state index contributed by atoms with van der Waals surface area (Å²) in [6, 6.07) is 1.92. The molecule has 2 saturated heterocycles. The number of carbonyl (C=O) groups is 1. The number of piperazine rings is 1. The van der Waals surface area contributed by atoms with Crippen molar-refractivity contribution in [1.29, 1.82) is 0 Å². The van der Waals surface area contributed by atoms with Gasteiger partial charge in [-0.2, -0.15) is 13.9 Å². The van der Waals surface area contributed by atoms with Gasteiger partial charge in [0.05, 0.1) is 24.1 Å². The average Bonchev–Trinajstić information content (AvgIpc) is 3.02. The van der Waals surface area contributed by atoms with Crippen LogP contribution in [0, 0.1) is 5.92 Å². The van der Waals surface area contributed by atoms with Gasteiger partial charge in [-0.15, -0.1) is 0 Å². The van der Waals surface area contributed by atoms with E-state index in [1.807, 2.05) is 15.5 Å². The van der Waals surface area contributed by atoms with Gasteiger partial charge in [0.1, 0.15) is 5.82 Å². The van der Waals surface area contributed by atoms with E-state index in [9.17, 15) is 13.2 Å². The molecule has 2 fully saturated rings. The molecule has 1 N–H and O–H groups in total. The third-order valence-corrected chi connectivity index (χ3v) is 7.63. The van der Waals surface area contributed by atoms with Gasteiger partial charge in [0.2, 0.25) is 15.9 Å². The van der Waals surface area contributed by atoms with Crippen LogP contribution in [0.15, 0.2) is 12.3 Å². The first kappa shape index (κ1) is 19.7. The SMILES string of the molecule is CS(=O)(=O)N1CCN(C(=O)C2CN(c3c4c(nc5ccnn35)CCNCC4)C2)CC1. The molecule has 0 aromatic carbocycles. The van der Waals surface area contributed by atoms with Crippen LogP contribution in [0.5, 0.6) is 0 Å². The maximum absolute atomic E-state index is 13.0. The lowest BCUT2D eigenvalue weighted by atomic mass is 9.96. The molecule has 0 unspecified atom stereocenters. The number of hydrogen-bond donors (Lipinski definition) is 1. The number of amides is 1. The smallest absolute Gasteiger partial charge is 0.229 e. The first-order valence-electron chi connectivity index (χ1n) is 10.5. The van der Waals surface area contributed by atoms with Crippen LogP contribution < -0.4 is 10.2 Å². The van der Waals surface area contributed by atoms with Crippen molar-refractivity contribution in [1.82, 2.24) is 29.1 Å². The highest BCUT2D eigenvalue weighted by Gasteiger charge is 2.39. The van der Waals surface area contributed by atoms with Crippen LogP contribution in [-0.2, 0) is 27.7 Å². The summed E-state index contributed by atoms with van der Waals surface area (Å²) in [5, 5.41) is 7.92. The van der Waals surface area contributed by atoms with Gasteiger partial charge in [-0.05, 0) is 13.0 Å². The van der Waals surface area contributed by atoms with Gasteiger partial charge in [-0.1, -0.05) is 0 Å². The third kappa shape index (κ3) is 3.44. The molecule has 3 aliphatic rings. The molecule has 0 radical (unpaired) electrons. The molecule has 11 heteroatoms. The molecule has 30 heavy (non-hydrogen) atoms.